The van der Waals surface area contributed by atoms with Gasteiger partial charge < -0.3 is 15.1 Å². The van der Waals surface area contributed by atoms with Gasteiger partial charge in [-0.3, -0.25) is 0 Å². The zero-order chi connectivity index (χ0) is 14.9. The highest BCUT2D eigenvalue weighted by Gasteiger charge is 2.31. The highest BCUT2D eigenvalue weighted by molar-refractivity contribution is 6.33. The molecule has 0 radical (unpaired) electrons. The molecule has 1 aliphatic rings. The Balaban J connectivity index is 2.18. The van der Waals surface area contributed by atoms with E-state index in [0.717, 1.165) is 23.8 Å². The van der Waals surface area contributed by atoms with Crippen LogP contribution in [0.25, 0.3) is 0 Å². The number of hydrogen-bond donors (Lipinski definition) is 1. The molecule has 2 rings (SSSR count). The molecule has 0 aliphatic carbocycles. The van der Waals surface area contributed by atoms with Gasteiger partial charge in [-0.25, -0.2) is 0 Å². The number of nitrogens with one attached hydrogen (secondary N) is 1. The van der Waals surface area contributed by atoms with E-state index < -0.39 is 0 Å². The average Bonchev–Trinajstić information content (AvgIpc) is 2.79. The molecule has 0 aromatic heterocycles. The van der Waals surface area contributed by atoms with Crippen molar-refractivity contribution < 1.29 is 0 Å². The fraction of sp³-hybridized carbons (Fsp3) is 0.625. The number of anilines is 1. The zero-order valence-corrected chi connectivity index (χ0v) is 13.9. The van der Waals surface area contributed by atoms with Gasteiger partial charge in [0.1, 0.15) is 0 Å². The lowest BCUT2D eigenvalue weighted by atomic mass is 10.1. The predicted molar refractivity (Wildman–Crippen MR) is 87.8 cm³/mol. The summed E-state index contributed by atoms with van der Waals surface area (Å²) in [4.78, 5) is 4.72. The molecule has 0 bridgehead atoms. The van der Waals surface area contributed by atoms with Crippen LogP contribution in [0.4, 0.5) is 5.69 Å². The van der Waals surface area contributed by atoms with E-state index in [1.807, 2.05) is 7.05 Å². The minimum atomic E-state index is 0.327. The summed E-state index contributed by atoms with van der Waals surface area (Å²) in [7, 11) is 6.28. The van der Waals surface area contributed by atoms with Crippen LogP contribution in [-0.2, 0) is 0 Å². The van der Waals surface area contributed by atoms with Crippen molar-refractivity contribution >= 4 is 17.3 Å². The molecule has 1 aliphatic heterocycles. The van der Waals surface area contributed by atoms with Crippen LogP contribution in [0.5, 0.6) is 0 Å². The van der Waals surface area contributed by atoms with Crippen LogP contribution < -0.4 is 10.2 Å². The number of benzene rings is 1. The highest BCUT2D eigenvalue weighted by atomic mass is 35.5. The Bertz CT molecular complexity index is 461. The number of rotatable bonds is 4. The minimum absolute atomic E-state index is 0.327. The number of hydrogen-bond acceptors (Lipinski definition) is 3. The molecule has 1 aromatic rings. The van der Waals surface area contributed by atoms with E-state index >= 15 is 0 Å². The van der Waals surface area contributed by atoms with Gasteiger partial charge in [-0.2, -0.15) is 0 Å². The van der Waals surface area contributed by atoms with Crippen molar-refractivity contribution in [3.05, 3.63) is 28.8 Å². The van der Waals surface area contributed by atoms with Crippen LogP contribution in [-0.4, -0.2) is 45.2 Å². The van der Waals surface area contributed by atoms with Crippen molar-refractivity contribution in [2.24, 2.45) is 5.92 Å². The summed E-state index contributed by atoms with van der Waals surface area (Å²) in [5.74, 6) is 0.664. The summed E-state index contributed by atoms with van der Waals surface area (Å²) in [6.45, 7) is 6.58. The SMILES string of the molecule is CNC(C)c1ccc(N2CC(C)C(N(C)C)C2)c(Cl)c1. The van der Waals surface area contributed by atoms with Gasteiger partial charge in [-0.05, 0) is 51.7 Å². The number of likely N-dealkylation sites (N-methyl/N-ethyl adjacent to an activating group) is 1. The third-order valence-corrected chi connectivity index (χ3v) is 4.78. The third-order valence-electron chi connectivity index (χ3n) is 4.48. The predicted octanol–water partition coefficient (Wildman–Crippen LogP) is 3.01. The van der Waals surface area contributed by atoms with Crippen molar-refractivity contribution in [3.63, 3.8) is 0 Å². The van der Waals surface area contributed by atoms with E-state index in [-0.39, 0.29) is 0 Å². The molecule has 3 unspecified atom stereocenters. The summed E-state index contributed by atoms with van der Waals surface area (Å²) >= 11 is 6.50. The molecular weight excluding hydrogens is 270 g/mol. The van der Waals surface area contributed by atoms with E-state index in [0.29, 0.717) is 18.0 Å². The van der Waals surface area contributed by atoms with Gasteiger partial charge in [0, 0.05) is 25.2 Å². The van der Waals surface area contributed by atoms with Gasteiger partial charge in [0.15, 0.2) is 0 Å². The lowest BCUT2D eigenvalue weighted by molar-refractivity contribution is 0.266. The van der Waals surface area contributed by atoms with Gasteiger partial charge >= 0.3 is 0 Å². The quantitative estimate of drug-likeness (QED) is 0.921. The van der Waals surface area contributed by atoms with Crippen LogP contribution in [0.2, 0.25) is 5.02 Å². The smallest absolute Gasteiger partial charge is 0.0642 e. The first-order chi connectivity index (χ1) is 9.43. The van der Waals surface area contributed by atoms with E-state index in [2.05, 4.69) is 61.3 Å². The molecule has 20 heavy (non-hydrogen) atoms. The second-order valence-corrected chi connectivity index (χ2v) is 6.54. The van der Waals surface area contributed by atoms with E-state index in [4.69, 9.17) is 11.6 Å². The van der Waals surface area contributed by atoms with Crippen molar-refractivity contribution in [3.8, 4) is 0 Å². The fourth-order valence-corrected chi connectivity index (χ4v) is 3.34. The van der Waals surface area contributed by atoms with E-state index in [9.17, 15) is 0 Å². The molecule has 3 atom stereocenters. The second kappa shape index (κ2) is 6.33. The Labute approximate surface area is 127 Å². The summed E-state index contributed by atoms with van der Waals surface area (Å²) < 4.78 is 0. The van der Waals surface area contributed by atoms with Crippen molar-refractivity contribution in [2.45, 2.75) is 25.9 Å². The molecule has 112 valence electrons. The van der Waals surface area contributed by atoms with Gasteiger partial charge in [0.2, 0.25) is 0 Å². The highest BCUT2D eigenvalue weighted by Crippen LogP contribution is 2.33. The molecule has 0 spiro atoms. The maximum atomic E-state index is 6.50. The van der Waals surface area contributed by atoms with Crippen molar-refractivity contribution in [1.29, 1.82) is 0 Å². The van der Waals surface area contributed by atoms with Gasteiger partial charge in [0.25, 0.3) is 0 Å². The molecule has 1 aromatic carbocycles. The Morgan fingerprint density at radius 1 is 1.35 bits per heavy atom. The summed E-state index contributed by atoms with van der Waals surface area (Å²) in [6, 6.07) is 7.36. The Kier molecular flexibility index (Phi) is 4.95. The van der Waals surface area contributed by atoms with Crippen LogP contribution in [0.3, 0.4) is 0 Å². The normalized spacial score (nSPS) is 24.4. The van der Waals surface area contributed by atoms with Crippen molar-refractivity contribution in [1.82, 2.24) is 10.2 Å². The molecule has 1 N–H and O–H groups in total. The maximum absolute atomic E-state index is 6.50. The van der Waals surface area contributed by atoms with Gasteiger partial charge in [-0.15, -0.1) is 0 Å². The number of halogens is 1. The molecule has 0 saturated carbocycles. The van der Waals surface area contributed by atoms with Crippen LogP contribution in [0.15, 0.2) is 18.2 Å². The minimum Gasteiger partial charge on any atom is -0.368 e. The molecular formula is C16H26ClN3. The second-order valence-electron chi connectivity index (χ2n) is 6.13. The molecule has 1 fully saturated rings. The maximum Gasteiger partial charge on any atom is 0.0642 e. The first kappa shape index (κ1) is 15.6. The van der Waals surface area contributed by atoms with Crippen LogP contribution in [0, 0.1) is 5.92 Å². The third kappa shape index (κ3) is 3.11. The summed E-state index contributed by atoms with van der Waals surface area (Å²) in [5, 5.41) is 4.11. The molecule has 3 nitrogen and oxygen atoms in total. The topological polar surface area (TPSA) is 18.5 Å². The first-order valence-electron chi connectivity index (χ1n) is 7.32. The Morgan fingerprint density at radius 3 is 2.55 bits per heavy atom. The zero-order valence-electron chi connectivity index (χ0n) is 13.2. The summed E-state index contributed by atoms with van der Waals surface area (Å²) in [5.41, 5.74) is 2.40. The van der Waals surface area contributed by atoms with Crippen LogP contribution in [0.1, 0.15) is 25.5 Å². The van der Waals surface area contributed by atoms with E-state index in [1.165, 1.54) is 5.56 Å². The largest absolute Gasteiger partial charge is 0.368 e. The van der Waals surface area contributed by atoms with Gasteiger partial charge in [-0.1, -0.05) is 24.6 Å². The molecule has 0 amide bonds. The lowest BCUT2D eigenvalue weighted by Crippen LogP contribution is -2.34. The Morgan fingerprint density at radius 2 is 2.05 bits per heavy atom. The molecule has 1 heterocycles. The fourth-order valence-electron chi connectivity index (χ4n) is 3.03. The van der Waals surface area contributed by atoms with Crippen LogP contribution >= 0.6 is 11.6 Å². The lowest BCUT2D eigenvalue weighted by Gasteiger charge is -2.24. The van der Waals surface area contributed by atoms with Crippen molar-refractivity contribution in [2.75, 3.05) is 39.1 Å². The average molecular weight is 296 g/mol. The number of nitrogens with zero attached hydrogens (tertiary/aromatic N) is 2. The monoisotopic (exact) mass is 295 g/mol. The standard InChI is InChI=1S/C16H26ClN3/c1-11-9-20(10-16(11)19(4)5)15-7-6-13(8-14(15)17)12(2)18-3/h6-8,11-12,16,18H,9-10H2,1-5H3. The van der Waals surface area contributed by atoms with Gasteiger partial charge in [0.05, 0.1) is 10.7 Å². The van der Waals surface area contributed by atoms with E-state index in [1.54, 1.807) is 0 Å². The molecule has 1 saturated heterocycles. The summed E-state index contributed by atoms with van der Waals surface area (Å²) in [6.07, 6.45) is 0. The Hall–Kier alpha value is -0.770. The first-order valence-corrected chi connectivity index (χ1v) is 7.70. The molecule has 4 heteroatoms.